The molecule has 0 saturated carbocycles. The average Bonchev–Trinajstić information content (AvgIpc) is 3.39. The van der Waals surface area contributed by atoms with Crippen LogP contribution in [0, 0.1) is 5.41 Å². The molecule has 0 bridgehead atoms. The Kier molecular flexibility index (Phi) is 14.6. The molecule has 1 heterocycles. The van der Waals surface area contributed by atoms with Crippen LogP contribution in [0.1, 0.15) is 52.5 Å². The Morgan fingerprint density at radius 1 is 1.34 bits per heavy atom. The zero-order valence-electron chi connectivity index (χ0n) is 21.7. The first-order valence-electron chi connectivity index (χ1n) is 12.3. The predicted molar refractivity (Wildman–Crippen MR) is 142 cm³/mol. The number of nitrogens with one attached hydrogen (secondary N) is 1. The van der Waals surface area contributed by atoms with Gasteiger partial charge in [0.15, 0.2) is 0 Å². The van der Waals surface area contributed by atoms with E-state index < -0.39 is 12.3 Å². The maximum Gasteiger partial charge on any atom is 0.252 e. The molecule has 0 radical (unpaired) electrons. The summed E-state index contributed by atoms with van der Waals surface area (Å²) in [4.78, 5) is 18.0. The summed E-state index contributed by atoms with van der Waals surface area (Å²) in [6.07, 6.45) is 9.54. The number of nitrogens with two attached hydrogens (primary N) is 2. The Morgan fingerprint density at radius 3 is 2.63 bits per heavy atom. The van der Waals surface area contributed by atoms with Crippen molar-refractivity contribution in [1.29, 1.82) is 0 Å². The number of hydrogen-bond donors (Lipinski definition) is 3. The van der Waals surface area contributed by atoms with E-state index in [9.17, 15) is 9.18 Å². The van der Waals surface area contributed by atoms with Crippen molar-refractivity contribution in [2.75, 3.05) is 19.7 Å². The number of ether oxygens (including phenoxy) is 1. The number of benzene rings is 1. The molecule has 1 fully saturated rings. The molecular weight excluding hydrogens is 445 g/mol. The summed E-state index contributed by atoms with van der Waals surface area (Å²) < 4.78 is 19.0. The third-order valence-corrected chi connectivity index (χ3v) is 5.76. The van der Waals surface area contributed by atoms with Crippen molar-refractivity contribution in [1.82, 2.24) is 10.2 Å². The second kappa shape index (κ2) is 16.8. The second-order valence-electron chi connectivity index (χ2n) is 9.54. The molecule has 1 aromatic rings. The van der Waals surface area contributed by atoms with Crippen LogP contribution in [-0.2, 0) is 16.1 Å². The van der Waals surface area contributed by atoms with Gasteiger partial charge in [0.05, 0.1) is 6.54 Å². The number of alkyl halides is 1. The quantitative estimate of drug-likeness (QED) is 0.409. The molecule has 1 aliphatic rings. The standard InChI is InChI=1S/C14H27FN2O2.C13H17N3/c1-10(14(2,3)4)17(9-11(15)8-16)13(18)12-6-5-7-19-12;14-8-11-15-9-4-5-10-16-12-13-6-2-1-3-7-13/h10-12H,5-9,16H2,1-4H3;1-3,5-11,16H,4,12,14H2/b;10-5+,11-8-,15-9?/t10?,11-,12+;/m1./s1. The third kappa shape index (κ3) is 12.5. The van der Waals surface area contributed by atoms with Crippen molar-refractivity contribution >= 4 is 12.1 Å². The molecule has 0 aliphatic carbocycles. The highest BCUT2D eigenvalue weighted by atomic mass is 19.1. The van der Waals surface area contributed by atoms with Crippen molar-refractivity contribution in [3.8, 4) is 0 Å². The van der Waals surface area contributed by atoms with Gasteiger partial charge < -0.3 is 26.4 Å². The molecule has 0 aromatic heterocycles. The normalized spacial score (nSPS) is 17.9. The van der Waals surface area contributed by atoms with Gasteiger partial charge in [-0.25, -0.2) is 4.39 Å². The number of amides is 1. The summed E-state index contributed by atoms with van der Waals surface area (Å²) >= 11 is 0. The van der Waals surface area contributed by atoms with Crippen molar-refractivity contribution < 1.29 is 13.9 Å². The Hall–Kier alpha value is -2.71. The van der Waals surface area contributed by atoms with Crippen LogP contribution < -0.4 is 16.8 Å². The Labute approximate surface area is 210 Å². The molecule has 1 saturated heterocycles. The molecule has 1 unspecified atom stereocenters. The fraction of sp³-hybridized carbons (Fsp3) is 0.556. The molecule has 0 spiro atoms. The smallest absolute Gasteiger partial charge is 0.252 e. The number of halogens is 1. The molecule has 1 aliphatic heterocycles. The minimum atomic E-state index is -1.19. The molecule has 1 amide bonds. The van der Waals surface area contributed by atoms with E-state index in [4.69, 9.17) is 16.2 Å². The van der Waals surface area contributed by atoms with Gasteiger partial charge in [-0.15, -0.1) is 0 Å². The van der Waals surface area contributed by atoms with Crippen LogP contribution in [-0.4, -0.2) is 55.0 Å². The van der Waals surface area contributed by atoms with E-state index in [0.29, 0.717) is 6.61 Å². The topological polar surface area (TPSA) is 106 Å². The van der Waals surface area contributed by atoms with E-state index in [0.717, 1.165) is 25.8 Å². The van der Waals surface area contributed by atoms with E-state index in [1.165, 1.54) is 11.8 Å². The van der Waals surface area contributed by atoms with E-state index in [1.54, 1.807) is 17.3 Å². The molecule has 5 N–H and O–H groups in total. The van der Waals surface area contributed by atoms with Gasteiger partial charge in [0.2, 0.25) is 0 Å². The zero-order chi connectivity index (χ0) is 26.1. The number of carbonyl (C=O) groups excluding carboxylic acids is 1. The lowest BCUT2D eigenvalue weighted by Crippen LogP contribution is -2.52. The number of nitrogens with zero attached hydrogens (tertiary/aromatic N) is 2. The van der Waals surface area contributed by atoms with Gasteiger partial charge in [-0.1, -0.05) is 57.2 Å². The number of hydrogen-bond acceptors (Lipinski definition) is 6. The number of rotatable bonds is 11. The van der Waals surface area contributed by atoms with Crippen molar-refractivity contribution in [2.24, 2.45) is 21.9 Å². The lowest BCUT2D eigenvalue weighted by molar-refractivity contribution is -0.146. The highest BCUT2D eigenvalue weighted by molar-refractivity contribution is 5.81. The number of aliphatic imine (C=N–C) groups is 1. The zero-order valence-corrected chi connectivity index (χ0v) is 21.7. The number of carbonyl (C=O) groups is 1. The fourth-order valence-corrected chi connectivity index (χ4v) is 3.31. The van der Waals surface area contributed by atoms with E-state index >= 15 is 0 Å². The van der Waals surface area contributed by atoms with Gasteiger partial charge >= 0.3 is 0 Å². The van der Waals surface area contributed by atoms with E-state index in [2.05, 4.69) is 22.4 Å². The summed E-state index contributed by atoms with van der Waals surface area (Å²) in [6.45, 7) is 9.53. The molecule has 7 nitrogen and oxygen atoms in total. The molecule has 3 atom stereocenters. The van der Waals surface area contributed by atoms with Crippen LogP contribution in [0.2, 0.25) is 0 Å². The van der Waals surface area contributed by atoms with E-state index in [1.807, 2.05) is 58.2 Å². The van der Waals surface area contributed by atoms with E-state index in [-0.39, 0.29) is 30.5 Å². The van der Waals surface area contributed by atoms with Gasteiger partial charge in [0.1, 0.15) is 12.3 Å². The van der Waals surface area contributed by atoms with Crippen molar-refractivity contribution in [3.05, 3.63) is 60.6 Å². The molecule has 196 valence electrons. The first-order valence-corrected chi connectivity index (χ1v) is 12.3. The van der Waals surface area contributed by atoms with Crippen LogP contribution in [0.3, 0.4) is 0 Å². The lowest BCUT2D eigenvalue weighted by atomic mass is 9.86. The largest absolute Gasteiger partial charge is 0.403 e. The molecule has 2 rings (SSSR count). The predicted octanol–water partition coefficient (Wildman–Crippen LogP) is 3.91. The first kappa shape index (κ1) is 30.3. The molecule has 1 aromatic carbocycles. The Morgan fingerprint density at radius 2 is 2.06 bits per heavy atom. The average molecular weight is 490 g/mol. The van der Waals surface area contributed by atoms with Crippen molar-refractivity contribution in [2.45, 2.75) is 71.8 Å². The highest BCUT2D eigenvalue weighted by Crippen LogP contribution is 2.27. The second-order valence-corrected chi connectivity index (χ2v) is 9.54. The maximum absolute atomic E-state index is 13.6. The monoisotopic (exact) mass is 489 g/mol. The summed E-state index contributed by atoms with van der Waals surface area (Å²) in [5.74, 6) is -0.101. The van der Waals surface area contributed by atoms with Crippen LogP contribution in [0.25, 0.3) is 0 Å². The Bertz CT molecular complexity index is 787. The van der Waals surface area contributed by atoms with Crippen molar-refractivity contribution in [3.63, 3.8) is 0 Å². The van der Waals surface area contributed by atoms with Gasteiger partial charge in [-0.05, 0) is 36.9 Å². The van der Waals surface area contributed by atoms with Gasteiger partial charge in [0.25, 0.3) is 5.91 Å². The maximum atomic E-state index is 13.6. The molecular formula is C27H44FN5O2. The highest BCUT2D eigenvalue weighted by Gasteiger charge is 2.36. The van der Waals surface area contributed by atoms with Crippen LogP contribution in [0.5, 0.6) is 0 Å². The molecule has 35 heavy (non-hydrogen) atoms. The Balaban J connectivity index is 0.000000355. The minimum absolute atomic E-state index is 0.0492. The van der Waals surface area contributed by atoms with Gasteiger partial charge in [-0.2, -0.15) is 0 Å². The molecule has 8 heteroatoms. The van der Waals surface area contributed by atoms with Crippen LogP contribution in [0.4, 0.5) is 4.39 Å². The third-order valence-electron chi connectivity index (χ3n) is 5.76. The van der Waals surface area contributed by atoms with Gasteiger partial charge in [0, 0.05) is 50.8 Å². The van der Waals surface area contributed by atoms with Gasteiger partial charge in [-0.3, -0.25) is 9.79 Å². The number of allylic oxidation sites excluding steroid dienone is 1. The summed E-state index contributed by atoms with van der Waals surface area (Å²) in [5.41, 5.74) is 11.6. The minimum Gasteiger partial charge on any atom is -0.403 e. The lowest BCUT2D eigenvalue weighted by Gasteiger charge is -2.39. The summed E-state index contributed by atoms with van der Waals surface area (Å²) in [7, 11) is 0. The van der Waals surface area contributed by atoms with Crippen LogP contribution in [0.15, 0.2) is 60.0 Å². The SMILES string of the molecule is CC(N(C[C@H](F)CN)C(=O)[C@@H]1CCCO1)C(C)(C)C.N/C=C\N=CC/C=C/NCc1ccccc1. The summed E-state index contributed by atoms with van der Waals surface area (Å²) in [6, 6.07) is 10.2. The first-order chi connectivity index (χ1) is 16.7. The summed E-state index contributed by atoms with van der Waals surface area (Å²) in [5, 5.41) is 3.21. The van der Waals surface area contributed by atoms with Crippen LogP contribution >= 0.6 is 0 Å². The fourth-order valence-electron chi connectivity index (χ4n) is 3.31.